The molecule has 0 aromatic heterocycles. The molecule has 0 N–H and O–H groups in total. The zero-order chi connectivity index (χ0) is 14.2. The second-order valence-electron chi connectivity index (χ2n) is 6.08. The molecule has 1 saturated heterocycles. The Morgan fingerprint density at radius 1 is 1.26 bits per heavy atom. The lowest BCUT2D eigenvalue weighted by Crippen LogP contribution is -2.39. The SMILES string of the molecule is CC(C)(C)N1C[C@H](c2ccc(Cl)cc2Cl)[C@@H](C#N)C1. The first-order chi connectivity index (χ1) is 8.82. The van der Waals surface area contributed by atoms with Crippen LogP contribution in [0.2, 0.25) is 10.0 Å². The molecular formula is C15H18Cl2N2. The summed E-state index contributed by atoms with van der Waals surface area (Å²) >= 11 is 12.2. The van der Waals surface area contributed by atoms with Crippen molar-refractivity contribution in [2.75, 3.05) is 13.1 Å². The summed E-state index contributed by atoms with van der Waals surface area (Å²) in [5, 5.41) is 10.7. The molecule has 1 heterocycles. The highest BCUT2D eigenvalue weighted by molar-refractivity contribution is 6.35. The Balaban J connectivity index is 2.31. The Kier molecular flexibility index (Phi) is 4.11. The van der Waals surface area contributed by atoms with Gasteiger partial charge in [0.2, 0.25) is 0 Å². The maximum Gasteiger partial charge on any atom is 0.0676 e. The molecule has 1 aromatic carbocycles. The largest absolute Gasteiger partial charge is 0.297 e. The van der Waals surface area contributed by atoms with Crippen LogP contribution in [-0.4, -0.2) is 23.5 Å². The fourth-order valence-corrected chi connectivity index (χ4v) is 3.15. The monoisotopic (exact) mass is 296 g/mol. The Labute approximate surface area is 124 Å². The van der Waals surface area contributed by atoms with Crippen molar-refractivity contribution in [3.05, 3.63) is 33.8 Å². The quantitative estimate of drug-likeness (QED) is 0.771. The molecule has 0 aliphatic carbocycles. The number of nitrogens with zero attached hydrogens (tertiary/aromatic N) is 2. The molecule has 0 unspecified atom stereocenters. The van der Waals surface area contributed by atoms with Crippen molar-refractivity contribution >= 4 is 23.2 Å². The maximum atomic E-state index is 9.38. The van der Waals surface area contributed by atoms with E-state index in [-0.39, 0.29) is 17.4 Å². The van der Waals surface area contributed by atoms with Gasteiger partial charge in [0.1, 0.15) is 0 Å². The summed E-state index contributed by atoms with van der Waals surface area (Å²) < 4.78 is 0. The smallest absolute Gasteiger partial charge is 0.0676 e. The molecule has 4 heteroatoms. The van der Waals surface area contributed by atoms with E-state index < -0.39 is 0 Å². The summed E-state index contributed by atoms with van der Waals surface area (Å²) in [5.41, 5.74) is 1.10. The topological polar surface area (TPSA) is 27.0 Å². The molecule has 0 saturated carbocycles. The highest BCUT2D eigenvalue weighted by Crippen LogP contribution is 2.39. The Morgan fingerprint density at radius 3 is 2.47 bits per heavy atom. The van der Waals surface area contributed by atoms with Crippen LogP contribution in [0.5, 0.6) is 0 Å². The van der Waals surface area contributed by atoms with E-state index in [1.165, 1.54) is 0 Å². The number of nitriles is 1. The first kappa shape index (κ1) is 14.7. The summed E-state index contributed by atoms with van der Waals surface area (Å²) in [6.45, 7) is 8.18. The van der Waals surface area contributed by atoms with Gasteiger partial charge in [-0.1, -0.05) is 29.3 Å². The van der Waals surface area contributed by atoms with Crippen LogP contribution in [0, 0.1) is 17.2 Å². The molecule has 2 rings (SSSR count). The standard InChI is InChI=1S/C15H18Cl2N2/c1-15(2,3)19-8-10(7-18)13(9-19)12-5-4-11(16)6-14(12)17/h4-6,10,13H,8-9H2,1-3H3/t10-,13-/m0/s1. The predicted molar refractivity (Wildman–Crippen MR) is 79.6 cm³/mol. The Hall–Kier alpha value is -0.750. The van der Waals surface area contributed by atoms with E-state index in [1.807, 2.05) is 12.1 Å². The third-order valence-electron chi connectivity index (χ3n) is 3.80. The molecule has 102 valence electrons. The average molecular weight is 297 g/mol. The molecule has 1 aliphatic heterocycles. The average Bonchev–Trinajstić information content (AvgIpc) is 2.72. The molecule has 0 radical (unpaired) electrons. The van der Waals surface area contributed by atoms with Gasteiger partial charge in [0, 0.05) is 34.6 Å². The van der Waals surface area contributed by atoms with Crippen molar-refractivity contribution in [2.24, 2.45) is 5.92 Å². The van der Waals surface area contributed by atoms with Crippen LogP contribution in [-0.2, 0) is 0 Å². The van der Waals surface area contributed by atoms with Crippen molar-refractivity contribution in [3.8, 4) is 6.07 Å². The van der Waals surface area contributed by atoms with Gasteiger partial charge < -0.3 is 0 Å². The van der Waals surface area contributed by atoms with Gasteiger partial charge in [-0.25, -0.2) is 0 Å². The maximum absolute atomic E-state index is 9.38. The molecule has 0 bridgehead atoms. The van der Waals surface area contributed by atoms with E-state index in [0.29, 0.717) is 10.0 Å². The predicted octanol–water partition coefficient (Wildman–Crippen LogP) is 4.33. The van der Waals surface area contributed by atoms with Gasteiger partial charge in [0.05, 0.1) is 12.0 Å². The van der Waals surface area contributed by atoms with Crippen molar-refractivity contribution in [1.82, 2.24) is 4.90 Å². The van der Waals surface area contributed by atoms with Crippen molar-refractivity contribution in [3.63, 3.8) is 0 Å². The Bertz CT molecular complexity index is 514. The summed E-state index contributed by atoms with van der Waals surface area (Å²) in [4.78, 5) is 2.34. The van der Waals surface area contributed by atoms with Crippen molar-refractivity contribution in [1.29, 1.82) is 5.26 Å². The van der Waals surface area contributed by atoms with E-state index in [4.69, 9.17) is 23.2 Å². The van der Waals surface area contributed by atoms with Crippen LogP contribution in [0.25, 0.3) is 0 Å². The minimum Gasteiger partial charge on any atom is -0.297 e. The second-order valence-corrected chi connectivity index (χ2v) is 6.93. The summed E-state index contributed by atoms with van der Waals surface area (Å²) in [6, 6.07) is 7.97. The van der Waals surface area contributed by atoms with Gasteiger partial charge in [-0.3, -0.25) is 4.90 Å². The lowest BCUT2D eigenvalue weighted by atomic mass is 9.90. The van der Waals surface area contributed by atoms with E-state index in [0.717, 1.165) is 18.7 Å². The molecule has 2 nitrogen and oxygen atoms in total. The van der Waals surface area contributed by atoms with Gasteiger partial charge in [-0.15, -0.1) is 0 Å². The van der Waals surface area contributed by atoms with E-state index >= 15 is 0 Å². The molecular weight excluding hydrogens is 279 g/mol. The molecule has 1 fully saturated rings. The summed E-state index contributed by atoms with van der Waals surface area (Å²) in [5.74, 6) is 0.145. The van der Waals surface area contributed by atoms with Gasteiger partial charge in [-0.05, 0) is 38.5 Å². The fraction of sp³-hybridized carbons (Fsp3) is 0.533. The lowest BCUT2D eigenvalue weighted by Gasteiger charge is -2.31. The molecule has 19 heavy (non-hydrogen) atoms. The van der Waals surface area contributed by atoms with E-state index in [9.17, 15) is 5.26 Å². The van der Waals surface area contributed by atoms with Crippen molar-refractivity contribution < 1.29 is 0 Å². The van der Waals surface area contributed by atoms with E-state index in [2.05, 4.69) is 31.7 Å². The molecule has 0 amide bonds. The Morgan fingerprint density at radius 2 is 1.95 bits per heavy atom. The first-order valence-corrected chi connectivity index (χ1v) is 7.18. The molecule has 2 atom stereocenters. The minimum absolute atomic E-state index is 0.0158. The zero-order valence-electron chi connectivity index (χ0n) is 11.5. The molecule has 1 aromatic rings. The third-order valence-corrected chi connectivity index (χ3v) is 4.36. The van der Waals surface area contributed by atoms with Crippen molar-refractivity contribution in [2.45, 2.75) is 32.2 Å². The number of hydrogen-bond donors (Lipinski definition) is 0. The van der Waals surface area contributed by atoms with Crippen LogP contribution in [0.4, 0.5) is 0 Å². The van der Waals surface area contributed by atoms with Crippen LogP contribution in [0.15, 0.2) is 18.2 Å². The summed E-state index contributed by atoms with van der Waals surface area (Å²) in [7, 11) is 0. The van der Waals surface area contributed by atoms with Crippen LogP contribution in [0.1, 0.15) is 32.3 Å². The summed E-state index contributed by atoms with van der Waals surface area (Å²) in [6.07, 6.45) is 0. The van der Waals surface area contributed by atoms with Gasteiger partial charge >= 0.3 is 0 Å². The number of likely N-dealkylation sites (tertiary alicyclic amines) is 1. The van der Waals surface area contributed by atoms with Gasteiger partial charge in [0.25, 0.3) is 0 Å². The molecule has 0 spiro atoms. The highest BCUT2D eigenvalue weighted by Gasteiger charge is 2.39. The zero-order valence-corrected chi connectivity index (χ0v) is 13.0. The van der Waals surface area contributed by atoms with Crippen LogP contribution >= 0.6 is 23.2 Å². The van der Waals surface area contributed by atoms with E-state index in [1.54, 1.807) is 6.07 Å². The normalized spacial score (nSPS) is 24.4. The first-order valence-electron chi connectivity index (χ1n) is 6.42. The fourth-order valence-electron chi connectivity index (χ4n) is 2.60. The number of halogens is 2. The van der Waals surface area contributed by atoms with Gasteiger partial charge in [-0.2, -0.15) is 5.26 Å². The minimum atomic E-state index is -0.0158. The number of rotatable bonds is 1. The van der Waals surface area contributed by atoms with Crippen LogP contribution < -0.4 is 0 Å². The molecule has 1 aliphatic rings. The second kappa shape index (κ2) is 5.32. The van der Waals surface area contributed by atoms with Gasteiger partial charge in [0.15, 0.2) is 0 Å². The third kappa shape index (κ3) is 3.05. The number of benzene rings is 1. The highest BCUT2D eigenvalue weighted by atomic mass is 35.5. The lowest BCUT2D eigenvalue weighted by molar-refractivity contribution is 0.170. The van der Waals surface area contributed by atoms with Crippen LogP contribution in [0.3, 0.4) is 0 Å². The number of hydrogen-bond acceptors (Lipinski definition) is 2.